The normalized spacial score (nSPS) is 15.3. The first-order chi connectivity index (χ1) is 25.8. The summed E-state index contributed by atoms with van der Waals surface area (Å²) < 4.78 is 2.26. The summed E-state index contributed by atoms with van der Waals surface area (Å²) in [5.41, 5.74) is 6.41. The lowest BCUT2D eigenvalue weighted by Crippen LogP contribution is -2.45. The van der Waals surface area contributed by atoms with Gasteiger partial charge in [0.25, 0.3) is 0 Å². The van der Waals surface area contributed by atoms with Crippen LogP contribution in [0.1, 0.15) is 22.3 Å². The molecule has 0 amide bonds. The molecule has 13 heteroatoms. The topological polar surface area (TPSA) is 99.8 Å². The Morgan fingerprint density at radius 2 is 1.11 bits per heavy atom. The summed E-state index contributed by atoms with van der Waals surface area (Å²) in [7, 11) is 0. The lowest BCUT2D eigenvalue weighted by molar-refractivity contribution is -0.136. The van der Waals surface area contributed by atoms with Gasteiger partial charge in [-0.1, -0.05) is 94.4 Å². The highest BCUT2D eigenvalue weighted by Gasteiger charge is 2.22. The van der Waals surface area contributed by atoms with Gasteiger partial charge in [0.1, 0.15) is 0 Å². The largest absolute Gasteiger partial charge is 0.481 e. The molecule has 8 rings (SSSR count). The molecule has 2 aliphatic heterocycles. The number of aliphatic carboxylic acids is 1. The summed E-state index contributed by atoms with van der Waals surface area (Å²) in [5.74, 6) is -0.794. The molecule has 9 nitrogen and oxygen atoms in total. The van der Waals surface area contributed by atoms with Crippen LogP contribution in [0.2, 0.25) is 10.0 Å². The Morgan fingerprint density at radius 3 is 1.58 bits per heavy atom. The quantitative estimate of drug-likeness (QED) is 0.156. The second-order valence-electron chi connectivity index (χ2n) is 13.3. The van der Waals surface area contributed by atoms with Crippen molar-refractivity contribution < 1.29 is 9.90 Å². The molecule has 2 aliphatic rings. The van der Waals surface area contributed by atoms with Gasteiger partial charge in [0.2, 0.25) is 0 Å². The van der Waals surface area contributed by atoms with Gasteiger partial charge in [-0.15, -0.1) is 0 Å². The van der Waals surface area contributed by atoms with Gasteiger partial charge in [-0.3, -0.25) is 14.6 Å². The second kappa shape index (κ2) is 17.2. The molecule has 0 spiro atoms. The van der Waals surface area contributed by atoms with Crippen LogP contribution in [0.25, 0.3) is 20.4 Å². The highest BCUT2D eigenvalue weighted by molar-refractivity contribution is 7.22. The molecule has 0 aliphatic carbocycles. The number of nitrogens with zero attached hydrogens (tertiary/aromatic N) is 7. The lowest BCUT2D eigenvalue weighted by atomic mass is 10.1. The van der Waals surface area contributed by atoms with Crippen molar-refractivity contribution in [3.8, 4) is 6.07 Å². The van der Waals surface area contributed by atoms with Crippen molar-refractivity contribution in [3.63, 3.8) is 0 Å². The zero-order valence-electron chi connectivity index (χ0n) is 29.1. The Hall–Kier alpha value is -4.28. The van der Waals surface area contributed by atoms with E-state index < -0.39 is 5.97 Å². The van der Waals surface area contributed by atoms with Crippen molar-refractivity contribution in [1.29, 1.82) is 5.26 Å². The first kappa shape index (κ1) is 37.1. The summed E-state index contributed by atoms with van der Waals surface area (Å²) >= 11 is 15.6. The van der Waals surface area contributed by atoms with Gasteiger partial charge in [0.05, 0.1) is 39.3 Å². The van der Waals surface area contributed by atoms with Crippen LogP contribution in [0.4, 0.5) is 10.3 Å². The molecular weight excluding hydrogens is 746 g/mol. The van der Waals surface area contributed by atoms with E-state index >= 15 is 0 Å². The van der Waals surface area contributed by atoms with Crippen LogP contribution in [0.5, 0.6) is 0 Å². The summed E-state index contributed by atoms with van der Waals surface area (Å²) in [4.78, 5) is 29.9. The third-order valence-electron chi connectivity index (χ3n) is 9.40. The van der Waals surface area contributed by atoms with Crippen molar-refractivity contribution in [2.75, 3.05) is 62.2 Å². The van der Waals surface area contributed by atoms with Crippen LogP contribution in [0.15, 0.2) is 84.9 Å². The van der Waals surface area contributed by atoms with Crippen molar-refractivity contribution in [2.45, 2.75) is 25.9 Å². The van der Waals surface area contributed by atoms with Gasteiger partial charge >= 0.3 is 5.97 Å². The Labute approximate surface area is 327 Å². The first-order valence-corrected chi connectivity index (χ1v) is 20.0. The van der Waals surface area contributed by atoms with Crippen molar-refractivity contribution >= 4 is 82.5 Å². The molecule has 4 aromatic carbocycles. The van der Waals surface area contributed by atoms with E-state index in [0.717, 1.165) is 123 Å². The summed E-state index contributed by atoms with van der Waals surface area (Å²) in [6, 6.07) is 30.1. The summed E-state index contributed by atoms with van der Waals surface area (Å²) in [5, 5.41) is 21.5. The smallest absolute Gasteiger partial charge is 0.307 e. The average molecular weight is 785 g/mol. The summed E-state index contributed by atoms with van der Waals surface area (Å²) in [6.45, 7) is 9.54. The minimum Gasteiger partial charge on any atom is -0.481 e. The predicted molar refractivity (Wildman–Crippen MR) is 218 cm³/mol. The predicted octanol–water partition coefficient (Wildman–Crippen LogP) is 8.24. The van der Waals surface area contributed by atoms with Crippen LogP contribution >= 0.6 is 45.9 Å². The van der Waals surface area contributed by atoms with E-state index in [0.29, 0.717) is 6.42 Å². The number of hydrogen-bond acceptors (Lipinski definition) is 10. The number of aromatic nitrogens is 2. The number of hydrogen-bond donors (Lipinski definition) is 1. The van der Waals surface area contributed by atoms with E-state index in [1.807, 2.05) is 66.7 Å². The molecule has 0 atom stereocenters. The van der Waals surface area contributed by atoms with Gasteiger partial charge in [-0.25, -0.2) is 9.97 Å². The SMILES string of the molecule is N#CCc1cccc(CN2CCN(c3nc4ccc(Cl)cc4s3)CC2)c1.O=C(O)Cc1cccc(CN2CCN(c3nc4ccc(Cl)cc4s3)CC2)c1. The molecule has 4 heterocycles. The highest BCUT2D eigenvalue weighted by Crippen LogP contribution is 2.32. The Balaban J connectivity index is 0.000000164. The number of carboxylic acids is 1. The number of thiazole rings is 2. The minimum atomic E-state index is -0.794. The van der Waals surface area contributed by atoms with E-state index in [-0.39, 0.29) is 6.42 Å². The Kier molecular flexibility index (Phi) is 12.1. The maximum atomic E-state index is 10.9. The Morgan fingerprint density at radius 1 is 0.660 bits per heavy atom. The van der Waals surface area contributed by atoms with Crippen molar-refractivity contribution in [1.82, 2.24) is 19.8 Å². The molecular formula is C40H39Cl2N7O2S2. The molecule has 53 heavy (non-hydrogen) atoms. The van der Waals surface area contributed by atoms with Gasteiger partial charge in [-0.05, 0) is 58.7 Å². The molecule has 0 unspecified atom stereocenters. The first-order valence-electron chi connectivity index (χ1n) is 17.6. The van der Waals surface area contributed by atoms with Crippen molar-refractivity contribution in [3.05, 3.63) is 117 Å². The Bertz CT molecular complexity index is 2240. The van der Waals surface area contributed by atoms with E-state index in [1.54, 1.807) is 22.7 Å². The van der Waals surface area contributed by atoms with Crippen LogP contribution in [0, 0.1) is 11.3 Å². The molecule has 272 valence electrons. The van der Waals surface area contributed by atoms with Gasteiger partial charge in [0, 0.05) is 75.5 Å². The second-order valence-corrected chi connectivity index (χ2v) is 16.2. The monoisotopic (exact) mass is 783 g/mol. The number of piperazine rings is 2. The van der Waals surface area contributed by atoms with Crippen LogP contribution in [0.3, 0.4) is 0 Å². The number of benzene rings is 4. The van der Waals surface area contributed by atoms with Crippen molar-refractivity contribution in [2.24, 2.45) is 0 Å². The van der Waals surface area contributed by atoms with E-state index in [4.69, 9.17) is 43.5 Å². The molecule has 0 bridgehead atoms. The number of fused-ring (bicyclic) bond motifs is 2. The van der Waals surface area contributed by atoms with E-state index in [2.05, 4.69) is 43.9 Å². The fourth-order valence-electron chi connectivity index (χ4n) is 6.70. The zero-order chi connectivity index (χ0) is 36.7. The molecule has 1 N–H and O–H groups in total. The highest BCUT2D eigenvalue weighted by atomic mass is 35.5. The van der Waals surface area contributed by atoms with Gasteiger partial charge in [-0.2, -0.15) is 5.26 Å². The van der Waals surface area contributed by atoms with E-state index in [9.17, 15) is 4.79 Å². The minimum absolute atomic E-state index is 0.0727. The number of anilines is 2. The third kappa shape index (κ3) is 9.83. The molecule has 0 radical (unpaired) electrons. The number of halogens is 2. The van der Waals surface area contributed by atoms with Crippen LogP contribution in [-0.4, -0.2) is 83.2 Å². The fraction of sp³-hybridized carbons (Fsp3) is 0.300. The third-order valence-corrected chi connectivity index (χ3v) is 12.0. The van der Waals surface area contributed by atoms with Crippen LogP contribution < -0.4 is 9.80 Å². The number of carbonyl (C=O) groups is 1. The molecule has 2 saturated heterocycles. The maximum Gasteiger partial charge on any atom is 0.307 e. The van der Waals surface area contributed by atoms with E-state index in [1.165, 1.54) is 5.56 Å². The van der Waals surface area contributed by atoms with Crippen LogP contribution in [-0.2, 0) is 30.7 Å². The number of carboxylic acid groups (broad SMARTS) is 1. The standard InChI is InChI=1S/C20H19ClN4S.C20H20ClN3O2S/c21-17-4-5-18-19(13-17)26-20(23-18)25-10-8-24(9-11-25)14-16-3-1-2-15(12-16)6-7-22;21-16-4-5-17-18(12-16)27-20(22-17)24-8-6-23(7-9-24)13-15-3-1-2-14(10-15)11-19(25)26/h1-5,12-13H,6,8-11,14H2;1-5,10,12H,6-9,11,13H2,(H,25,26). The van der Waals surface area contributed by atoms with Gasteiger partial charge in [0.15, 0.2) is 10.3 Å². The molecule has 2 aromatic heterocycles. The lowest BCUT2D eigenvalue weighted by Gasteiger charge is -2.34. The zero-order valence-corrected chi connectivity index (χ0v) is 32.3. The molecule has 0 saturated carbocycles. The number of nitriles is 1. The van der Waals surface area contributed by atoms with Gasteiger partial charge < -0.3 is 14.9 Å². The summed E-state index contributed by atoms with van der Waals surface area (Å²) in [6.07, 6.45) is 0.548. The molecule has 2 fully saturated rings. The maximum absolute atomic E-state index is 10.9. The molecule has 6 aromatic rings. The average Bonchev–Trinajstić information content (AvgIpc) is 3.77. The fourth-order valence-corrected chi connectivity index (χ4v) is 9.28. The number of rotatable bonds is 9.